The molecular formula is C16H24N2O6S. The van der Waals surface area contributed by atoms with Crippen LogP contribution in [0.2, 0.25) is 0 Å². The van der Waals surface area contributed by atoms with Gasteiger partial charge in [0.15, 0.2) is 0 Å². The third kappa shape index (κ3) is 5.43. The van der Waals surface area contributed by atoms with Gasteiger partial charge in [-0.3, -0.25) is 19.2 Å². The Morgan fingerprint density at radius 1 is 1.36 bits per heavy atom. The lowest BCUT2D eigenvalue weighted by Crippen LogP contribution is -2.52. The van der Waals surface area contributed by atoms with Crippen LogP contribution in [0.25, 0.3) is 0 Å². The van der Waals surface area contributed by atoms with Crippen molar-refractivity contribution in [1.29, 1.82) is 0 Å². The summed E-state index contributed by atoms with van der Waals surface area (Å²) in [7, 11) is 0. The molecule has 2 fully saturated rings. The maximum absolute atomic E-state index is 12.6. The summed E-state index contributed by atoms with van der Waals surface area (Å²) < 4.78 is 5.23. The molecule has 0 unspecified atom stereocenters. The number of carbonyl (C=O) groups is 4. The molecule has 140 valence electrons. The average Bonchev–Trinajstić information content (AvgIpc) is 2.95. The number of thioether (sulfide) groups is 1. The van der Waals surface area contributed by atoms with E-state index in [1.165, 1.54) is 18.7 Å². The van der Waals surface area contributed by atoms with Crippen molar-refractivity contribution < 1.29 is 29.0 Å². The van der Waals surface area contributed by atoms with E-state index in [9.17, 15) is 24.3 Å². The van der Waals surface area contributed by atoms with Crippen molar-refractivity contribution in [3.8, 4) is 0 Å². The van der Waals surface area contributed by atoms with Crippen molar-refractivity contribution >= 4 is 35.3 Å². The van der Waals surface area contributed by atoms with Gasteiger partial charge in [-0.05, 0) is 6.42 Å². The van der Waals surface area contributed by atoms with Crippen LogP contribution < -0.4 is 5.32 Å². The van der Waals surface area contributed by atoms with Gasteiger partial charge >= 0.3 is 5.97 Å². The zero-order chi connectivity index (χ0) is 18.4. The molecule has 2 aliphatic rings. The monoisotopic (exact) mass is 372 g/mol. The smallest absolute Gasteiger partial charge is 0.307 e. The largest absolute Gasteiger partial charge is 0.481 e. The number of ether oxygens (including phenoxy) is 1. The van der Waals surface area contributed by atoms with E-state index in [2.05, 4.69) is 5.32 Å². The van der Waals surface area contributed by atoms with Crippen molar-refractivity contribution in [2.75, 3.05) is 37.8 Å². The van der Waals surface area contributed by atoms with Gasteiger partial charge in [0.25, 0.3) is 0 Å². The molecule has 1 saturated carbocycles. The first-order valence-electron chi connectivity index (χ1n) is 8.37. The third-order valence-corrected chi connectivity index (χ3v) is 5.66. The highest BCUT2D eigenvalue weighted by Crippen LogP contribution is 2.31. The van der Waals surface area contributed by atoms with Crippen LogP contribution in [0.4, 0.5) is 0 Å². The van der Waals surface area contributed by atoms with Crippen LogP contribution in [-0.2, 0) is 23.9 Å². The van der Waals surface area contributed by atoms with Gasteiger partial charge in [-0.2, -0.15) is 11.8 Å². The molecule has 1 saturated heterocycles. The molecule has 8 nitrogen and oxygen atoms in total. The van der Waals surface area contributed by atoms with Crippen molar-refractivity contribution in [3.05, 3.63) is 0 Å². The Labute approximate surface area is 150 Å². The van der Waals surface area contributed by atoms with E-state index >= 15 is 0 Å². The van der Waals surface area contributed by atoms with Gasteiger partial charge in [-0.1, -0.05) is 0 Å². The fourth-order valence-corrected chi connectivity index (χ4v) is 4.42. The number of carbonyl (C=O) groups excluding carboxylic acids is 3. The van der Waals surface area contributed by atoms with Crippen LogP contribution in [0, 0.1) is 11.8 Å². The number of Topliss-reactive ketones (excluding diaryl/α,β-unsaturated/α-hetero) is 1. The van der Waals surface area contributed by atoms with Crippen LogP contribution in [0.5, 0.6) is 0 Å². The molecule has 0 aromatic carbocycles. The molecular weight excluding hydrogens is 348 g/mol. The standard InChI is InChI=1S/C16H24N2O6S/c1-10(19)17-13(15(21)18-4-6-24-7-5-18)9-25-8-12-11(16(22)23)2-3-14(12)20/h11-13H,2-9H2,1H3,(H,17,19)(H,22,23)/t11-,12+,13+/m1/s1. The van der Waals surface area contributed by atoms with Gasteiger partial charge in [-0.15, -0.1) is 0 Å². The Morgan fingerprint density at radius 3 is 2.64 bits per heavy atom. The number of ketones is 1. The van der Waals surface area contributed by atoms with E-state index in [-0.39, 0.29) is 17.6 Å². The predicted octanol–water partition coefficient (Wildman–Crippen LogP) is -0.237. The highest BCUT2D eigenvalue weighted by atomic mass is 32.2. The molecule has 0 aromatic heterocycles. The number of nitrogens with zero attached hydrogens (tertiary/aromatic N) is 1. The topological polar surface area (TPSA) is 113 Å². The number of rotatable bonds is 7. The summed E-state index contributed by atoms with van der Waals surface area (Å²) in [6.07, 6.45) is 0.672. The zero-order valence-electron chi connectivity index (χ0n) is 14.2. The zero-order valence-corrected chi connectivity index (χ0v) is 15.0. The predicted molar refractivity (Wildman–Crippen MR) is 91.2 cm³/mol. The third-order valence-electron chi connectivity index (χ3n) is 4.50. The summed E-state index contributed by atoms with van der Waals surface area (Å²) in [6, 6.07) is -0.680. The van der Waals surface area contributed by atoms with Crippen molar-refractivity contribution in [2.24, 2.45) is 11.8 Å². The number of amides is 2. The van der Waals surface area contributed by atoms with Crippen LogP contribution >= 0.6 is 11.8 Å². The fraction of sp³-hybridized carbons (Fsp3) is 0.750. The Morgan fingerprint density at radius 2 is 2.04 bits per heavy atom. The first-order valence-corrected chi connectivity index (χ1v) is 9.52. The maximum Gasteiger partial charge on any atom is 0.307 e. The summed E-state index contributed by atoms with van der Waals surface area (Å²) in [6.45, 7) is 3.28. The Kier molecular flexibility index (Phi) is 7.24. The molecule has 9 heteroatoms. The molecule has 0 bridgehead atoms. The summed E-state index contributed by atoms with van der Waals surface area (Å²) in [5, 5.41) is 11.9. The van der Waals surface area contributed by atoms with E-state index < -0.39 is 23.8 Å². The van der Waals surface area contributed by atoms with Crippen LogP contribution in [0.15, 0.2) is 0 Å². The lowest BCUT2D eigenvalue weighted by atomic mass is 9.98. The summed E-state index contributed by atoms with van der Waals surface area (Å²) in [5.41, 5.74) is 0. The normalized spacial score (nSPS) is 24.8. The fourth-order valence-electron chi connectivity index (χ4n) is 3.15. The van der Waals surface area contributed by atoms with Gasteiger partial charge in [0.2, 0.25) is 11.8 Å². The molecule has 1 aliphatic heterocycles. The van der Waals surface area contributed by atoms with Crippen molar-refractivity contribution in [3.63, 3.8) is 0 Å². The quantitative estimate of drug-likeness (QED) is 0.634. The molecule has 2 rings (SSSR count). The van der Waals surface area contributed by atoms with Crippen LogP contribution in [-0.4, -0.2) is 77.4 Å². The number of carboxylic acids is 1. The highest BCUT2D eigenvalue weighted by Gasteiger charge is 2.39. The highest BCUT2D eigenvalue weighted by molar-refractivity contribution is 7.99. The first kappa shape index (κ1) is 19.7. The number of morpholine rings is 1. The number of aliphatic carboxylic acids is 1. The van der Waals surface area contributed by atoms with E-state index in [4.69, 9.17) is 4.74 Å². The summed E-state index contributed by atoms with van der Waals surface area (Å²) in [5.74, 6) is -1.94. The van der Waals surface area contributed by atoms with Crippen molar-refractivity contribution in [1.82, 2.24) is 10.2 Å². The first-order chi connectivity index (χ1) is 11.9. The lowest BCUT2D eigenvalue weighted by molar-refractivity contribution is -0.143. The van der Waals surface area contributed by atoms with E-state index in [1.807, 2.05) is 0 Å². The molecule has 2 N–H and O–H groups in total. The second-order valence-electron chi connectivity index (χ2n) is 6.28. The van der Waals surface area contributed by atoms with Gasteiger partial charge in [0, 0.05) is 43.9 Å². The summed E-state index contributed by atoms with van der Waals surface area (Å²) in [4.78, 5) is 48.8. The van der Waals surface area contributed by atoms with E-state index in [0.717, 1.165) is 0 Å². The van der Waals surface area contributed by atoms with E-state index in [1.54, 1.807) is 4.90 Å². The summed E-state index contributed by atoms with van der Waals surface area (Å²) >= 11 is 1.34. The Hall–Kier alpha value is -1.61. The second-order valence-corrected chi connectivity index (χ2v) is 7.36. The Balaban J connectivity index is 1.90. The molecule has 2 amide bonds. The molecule has 0 spiro atoms. The minimum Gasteiger partial charge on any atom is -0.481 e. The van der Waals surface area contributed by atoms with Crippen molar-refractivity contribution in [2.45, 2.75) is 25.8 Å². The van der Waals surface area contributed by atoms with Crippen LogP contribution in [0.3, 0.4) is 0 Å². The number of carboxylic acid groups (broad SMARTS) is 1. The molecule has 0 aromatic rings. The minimum atomic E-state index is -0.945. The maximum atomic E-state index is 12.6. The lowest BCUT2D eigenvalue weighted by Gasteiger charge is -2.30. The molecule has 1 heterocycles. The van der Waals surface area contributed by atoms with Gasteiger partial charge in [0.05, 0.1) is 19.1 Å². The van der Waals surface area contributed by atoms with Gasteiger partial charge in [0.1, 0.15) is 11.8 Å². The molecule has 1 aliphatic carbocycles. The van der Waals surface area contributed by atoms with E-state index in [0.29, 0.717) is 50.7 Å². The average molecular weight is 372 g/mol. The second kappa shape index (κ2) is 9.19. The molecule has 3 atom stereocenters. The molecule has 0 radical (unpaired) electrons. The van der Waals surface area contributed by atoms with Gasteiger partial charge < -0.3 is 20.1 Å². The minimum absolute atomic E-state index is 0.0320. The van der Waals surface area contributed by atoms with Crippen LogP contribution in [0.1, 0.15) is 19.8 Å². The number of hydrogen-bond acceptors (Lipinski definition) is 6. The number of nitrogens with one attached hydrogen (secondary N) is 1. The van der Waals surface area contributed by atoms with Gasteiger partial charge in [-0.25, -0.2) is 0 Å². The SMILES string of the molecule is CC(=O)N[C@@H](CSC[C@@H]1C(=O)CC[C@H]1C(=O)O)C(=O)N1CCOCC1. The Bertz CT molecular complexity index is 535. The molecule has 25 heavy (non-hydrogen) atoms. The number of hydrogen-bond donors (Lipinski definition) is 2.